The Balaban J connectivity index is 1.82. The van der Waals surface area contributed by atoms with E-state index >= 15 is 0 Å². The van der Waals surface area contributed by atoms with Crippen LogP contribution in [0.3, 0.4) is 0 Å². The van der Waals surface area contributed by atoms with Crippen molar-refractivity contribution < 1.29 is 4.39 Å². The van der Waals surface area contributed by atoms with E-state index in [-0.39, 0.29) is 5.82 Å². The molecule has 1 saturated carbocycles. The molecule has 2 aromatic carbocycles. The van der Waals surface area contributed by atoms with Crippen molar-refractivity contribution in [2.24, 2.45) is 0 Å². The molecule has 0 bridgehead atoms. The summed E-state index contributed by atoms with van der Waals surface area (Å²) < 4.78 is 13.0. The first kappa shape index (κ1) is 11.9. The highest BCUT2D eigenvalue weighted by atomic mass is 19.1. The molecule has 0 unspecified atom stereocenters. The average molecular weight is 251 g/mol. The van der Waals surface area contributed by atoms with Gasteiger partial charge in [-0.15, -0.1) is 0 Å². The molecule has 0 atom stereocenters. The van der Waals surface area contributed by atoms with Crippen LogP contribution in [0.1, 0.15) is 29.9 Å². The van der Waals surface area contributed by atoms with Crippen molar-refractivity contribution in [1.29, 1.82) is 5.26 Å². The summed E-state index contributed by atoms with van der Waals surface area (Å²) >= 11 is 0. The van der Waals surface area contributed by atoms with Gasteiger partial charge >= 0.3 is 0 Å². The van der Waals surface area contributed by atoms with E-state index in [1.165, 1.54) is 17.7 Å². The molecule has 0 aliphatic heterocycles. The van der Waals surface area contributed by atoms with E-state index in [0.29, 0.717) is 5.92 Å². The molecule has 2 aromatic rings. The predicted octanol–water partition coefficient (Wildman–Crippen LogP) is 4.16. The number of nitrogens with zero attached hydrogens (tertiary/aromatic N) is 1. The lowest BCUT2D eigenvalue weighted by molar-refractivity contribution is 0.269. The summed E-state index contributed by atoms with van der Waals surface area (Å²) in [6.45, 7) is 0. The van der Waals surface area contributed by atoms with Gasteiger partial charge in [-0.05, 0) is 42.0 Å². The van der Waals surface area contributed by atoms with Crippen molar-refractivity contribution in [2.45, 2.75) is 24.2 Å². The van der Waals surface area contributed by atoms with Gasteiger partial charge in [0.05, 0.1) is 11.5 Å². The van der Waals surface area contributed by atoms with E-state index < -0.39 is 5.41 Å². The van der Waals surface area contributed by atoms with Crippen LogP contribution in [-0.4, -0.2) is 0 Å². The Morgan fingerprint density at radius 2 is 1.63 bits per heavy atom. The van der Waals surface area contributed by atoms with Crippen LogP contribution in [0.2, 0.25) is 0 Å². The van der Waals surface area contributed by atoms with Crippen molar-refractivity contribution in [2.75, 3.05) is 0 Å². The Hall–Kier alpha value is -2.14. The lowest BCUT2D eigenvalue weighted by atomic mass is 9.58. The van der Waals surface area contributed by atoms with E-state index in [0.717, 1.165) is 18.4 Å². The summed E-state index contributed by atoms with van der Waals surface area (Å²) in [7, 11) is 0. The molecule has 1 nitrogen and oxygen atoms in total. The lowest BCUT2D eigenvalue weighted by Gasteiger charge is -2.43. The van der Waals surface area contributed by atoms with Crippen LogP contribution in [0, 0.1) is 17.1 Å². The molecule has 2 heteroatoms. The predicted molar refractivity (Wildman–Crippen MR) is 72.1 cm³/mol. The molecule has 0 N–H and O–H groups in total. The highest BCUT2D eigenvalue weighted by Gasteiger charge is 2.46. The van der Waals surface area contributed by atoms with Gasteiger partial charge in [0.25, 0.3) is 0 Å². The SMILES string of the molecule is N#CC1(c2ccc(F)cc2)CC(c2ccccc2)C1. The molecule has 0 spiro atoms. The molecular weight excluding hydrogens is 237 g/mol. The smallest absolute Gasteiger partial charge is 0.123 e. The summed E-state index contributed by atoms with van der Waals surface area (Å²) in [5.74, 6) is 0.182. The maximum atomic E-state index is 13.0. The molecule has 19 heavy (non-hydrogen) atoms. The third-order valence-corrected chi connectivity index (χ3v) is 4.07. The van der Waals surface area contributed by atoms with Gasteiger partial charge in [-0.25, -0.2) is 4.39 Å². The Morgan fingerprint density at radius 3 is 2.21 bits per heavy atom. The van der Waals surface area contributed by atoms with Gasteiger partial charge in [0.15, 0.2) is 0 Å². The highest BCUT2D eigenvalue weighted by molar-refractivity contribution is 5.40. The fourth-order valence-corrected chi connectivity index (χ4v) is 2.90. The number of rotatable bonds is 2. The van der Waals surface area contributed by atoms with Crippen molar-refractivity contribution in [3.63, 3.8) is 0 Å². The number of hydrogen-bond acceptors (Lipinski definition) is 1. The van der Waals surface area contributed by atoms with Gasteiger partial charge in [0.1, 0.15) is 5.82 Å². The third kappa shape index (κ3) is 2.02. The molecule has 0 radical (unpaired) electrons. The summed E-state index contributed by atoms with van der Waals surface area (Å²) in [5, 5.41) is 9.48. The summed E-state index contributed by atoms with van der Waals surface area (Å²) in [6.07, 6.45) is 1.64. The zero-order valence-electron chi connectivity index (χ0n) is 10.5. The quantitative estimate of drug-likeness (QED) is 0.786. The first-order valence-electron chi connectivity index (χ1n) is 6.46. The van der Waals surface area contributed by atoms with E-state index in [4.69, 9.17) is 0 Å². The van der Waals surface area contributed by atoms with Crippen LogP contribution in [0.5, 0.6) is 0 Å². The molecule has 94 valence electrons. The molecular formula is C17H14FN. The van der Waals surface area contributed by atoms with E-state index in [1.807, 2.05) is 18.2 Å². The van der Waals surface area contributed by atoms with Crippen LogP contribution in [0.4, 0.5) is 4.39 Å². The fraction of sp³-hybridized carbons (Fsp3) is 0.235. The first-order valence-corrected chi connectivity index (χ1v) is 6.46. The van der Waals surface area contributed by atoms with E-state index in [9.17, 15) is 9.65 Å². The van der Waals surface area contributed by atoms with Gasteiger partial charge in [-0.1, -0.05) is 42.5 Å². The van der Waals surface area contributed by atoms with Crippen LogP contribution in [0.25, 0.3) is 0 Å². The maximum absolute atomic E-state index is 13.0. The standard InChI is InChI=1S/C17H14FN/c18-16-8-6-15(7-9-16)17(12-19)10-14(11-17)13-4-2-1-3-5-13/h1-9,14H,10-11H2. The van der Waals surface area contributed by atoms with Crippen LogP contribution >= 0.6 is 0 Å². The molecule has 1 fully saturated rings. The maximum Gasteiger partial charge on any atom is 0.123 e. The van der Waals surface area contributed by atoms with E-state index in [1.54, 1.807) is 12.1 Å². The first-order chi connectivity index (χ1) is 9.23. The Bertz CT molecular complexity index is 604. The Kier molecular flexibility index (Phi) is 2.83. The summed E-state index contributed by atoms with van der Waals surface area (Å²) in [6, 6.07) is 19.0. The molecule has 0 amide bonds. The number of hydrogen-bond donors (Lipinski definition) is 0. The van der Waals surface area contributed by atoms with E-state index in [2.05, 4.69) is 18.2 Å². The molecule has 1 aliphatic rings. The van der Waals surface area contributed by atoms with Gasteiger partial charge in [-0.2, -0.15) is 5.26 Å². The topological polar surface area (TPSA) is 23.8 Å². The second-order valence-electron chi connectivity index (χ2n) is 5.22. The highest BCUT2D eigenvalue weighted by Crippen LogP contribution is 2.52. The van der Waals surface area contributed by atoms with Gasteiger partial charge in [0, 0.05) is 0 Å². The van der Waals surface area contributed by atoms with Gasteiger partial charge < -0.3 is 0 Å². The molecule has 3 rings (SSSR count). The molecule has 0 heterocycles. The second-order valence-corrected chi connectivity index (χ2v) is 5.22. The fourth-order valence-electron chi connectivity index (χ4n) is 2.90. The van der Waals surface area contributed by atoms with Crippen molar-refractivity contribution in [3.05, 3.63) is 71.5 Å². The number of benzene rings is 2. The van der Waals surface area contributed by atoms with Crippen LogP contribution < -0.4 is 0 Å². The van der Waals surface area contributed by atoms with Gasteiger partial charge in [-0.3, -0.25) is 0 Å². The summed E-state index contributed by atoms with van der Waals surface area (Å²) in [5.41, 5.74) is 1.79. The minimum atomic E-state index is -0.436. The van der Waals surface area contributed by atoms with Crippen molar-refractivity contribution >= 4 is 0 Å². The van der Waals surface area contributed by atoms with Crippen LogP contribution in [-0.2, 0) is 5.41 Å². The zero-order chi connectivity index (χ0) is 13.3. The van der Waals surface area contributed by atoms with Crippen molar-refractivity contribution in [3.8, 4) is 6.07 Å². The second kappa shape index (κ2) is 4.51. The zero-order valence-corrected chi connectivity index (χ0v) is 10.5. The molecule has 0 saturated heterocycles. The number of nitriles is 1. The summed E-state index contributed by atoms with van der Waals surface area (Å²) in [4.78, 5) is 0. The monoisotopic (exact) mass is 251 g/mol. The normalized spacial score (nSPS) is 25.4. The Morgan fingerprint density at radius 1 is 1.00 bits per heavy atom. The average Bonchev–Trinajstić information content (AvgIpc) is 2.41. The number of halogens is 1. The Labute approximate surface area is 112 Å². The molecule has 0 aromatic heterocycles. The largest absolute Gasteiger partial charge is 0.207 e. The molecule has 1 aliphatic carbocycles. The van der Waals surface area contributed by atoms with Gasteiger partial charge in [0.2, 0.25) is 0 Å². The lowest BCUT2D eigenvalue weighted by Crippen LogP contribution is -2.38. The van der Waals surface area contributed by atoms with Crippen molar-refractivity contribution in [1.82, 2.24) is 0 Å². The minimum absolute atomic E-state index is 0.254. The third-order valence-electron chi connectivity index (χ3n) is 4.07. The minimum Gasteiger partial charge on any atom is -0.207 e. The van der Waals surface area contributed by atoms with Crippen LogP contribution in [0.15, 0.2) is 54.6 Å².